The second-order valence-electron chi connectivity index (χ2n) is 6.18. The van der Waals surface area contributed by atoms with Crippen LogP contribution in [0.15, 0.2) is 78.9 Å². The smallest absolute Gasteiger partial charge is 0.285 e. The highest BCUT2D eigenvalue weighted by molar-refractivity contribution is 7.24. The first-order chi connectivity index (χ1) is 12.7. The molecule has 0 saturated heterocycles. The van der Waals surface area contributed by atoms with Crippen molar-refractivity contribution in [3.05, 3.63) is 78.9 Å². The molecule has 0 spiro atoms. The summed E-state index contributed by atoms with van der Waals surface area (Å²) in [6.45, 7) is 0. The van der Waals surface area contributed by atoms with E-state index < -0.39 is 0 Å². The van der Waals surface area contributed by atoms with Gasteiger partial charge in [0.15, 0.2) is 0 Å². The number of hydrogen-bond acceptors (Lipinski definition) is 3. The van der Waals surface area contributed by atoms with Gasteiger partial charge in [-0.3, -0.25) is 0 Å². The molecule has 1 aromatic heterocycles. The fourth-order valence-corrected chi connectivity index (χ4v) is 4.03. The molecule has 26 heavy (non-hydrogen) atoms. The minimum atomic E-state index is 0.776. The van der Waals surface area contributed by atoms with Crippen molar-refractivity contribution in [3.63, 3.8) is 0 Å². The molecule has 4 rings (SSSR count). The van der Waals surface area contributed by atoms with Gasteiger partial charge in [0.1, 0.15) is 12.8 Å². The summed E-state index contributed by atoms with van der Waals surface area (Å²) in [4.78, 5) is 2.17. The Kier molecular flexibility index (Phi) is 4.72. The van der Waals surface area contributed by atoms with Gasteiger partial charge in [-0.2, -0.15) is 0 Å². The van der Waals surface area contributed by atoms with Crippen LogP contribution in [-0.2, 0) is 0 Å². The maximum Gasteiger partial charge on any atom is 0.285 e. The van der Waals surface area contributed by atoms with Gasteiger partial charge in [0.05, 0.1) is 5.69 Å². The molecule has 3 radical (unpaired) electrons. The quantitative estimate of drug-likeness (QED) is 0.550. The van der Waals surface area contributed by atoms with E-state index >= 15 is 0 Å². The molecule has 0 aliphatic carbocycles. The highest BCUT2D eigenvalue weighted by Crippen LogP contribution is 2.43. The molecule has 0 aliphatic rings. The molecule has 123 valence electrons. The van der Waals surface area contributed by atoms with Gasteiger partial charge in [-0.15, -0.1) is 11.3 Å². The summed E-state index contributed by atoms with van der Waals surface area (Å²) in [5.41, 5.74) is 4.10. The summed E-state index contributed by atoms with van der Waals surface area (Å²) in [7, 11) is 10.0. The number of nitrogens with one attached hydrogen (secondary N) is 1. The van der Waals surface area contributed by atoms with Crippen molar-refractivity contribution in [1.82, 2.24) is 0 Å². The van der Waals surface area contributed by atoms with E-state index in [0.29, 0.717) is 0 Å². The zero-order valence-corrected chi connectivity index (χ0v) is 15.3. The normalized spacial score (nSPS) is 10.7. The molecule has 0 saturated carbocycles. The fourth-order valence-electron chi connectivity index (χ4n) is 2.93. The third-order valence-electron chi connectivity index (χ3n) is 4.22. The largest absolute Gasteiger partial charge is 0.407 e. The highest BCUT2D eigenvalue weighted by atomic mass is 32.1. The van der Waals surface area contributed by atoms with Crippen LogP contribution in [0.1, 0.15) is 0 Å². The van der Waals surface area contributed by atoms with E-state index in [1.807, 2.05) is 42.5 Å². The van der Waals surface area contributed by atoms with Crippen LogP contribution in [0.25, 0.3) is 10.1 Å². The fraction of sp³-hybridized carbons (Fsp3) is 0.0476. The first-order valence-corrected chi connectivity index (χ1v) is 9.29. The van der Waals surface area contributed by atoms with Gasteiger partial charge in [0.25, 0.3) is 7.41 Å². The van der Waals surface area contributed by atoms with Crippen LogP contribution in [-0.4, -0.2) is 22.3 Å². The monoisotopic (exact) mass is 351 g/mol. The van der Waals surface area contributed by atoms with E-state index in [1.165, 1.54) is 15.1 Å². The highest BCUT2D eigenvalue weighted by Gasteiger charge is 2.16. The molecule has 0 atom stereocenters. The summed E-state index contributed by atoms with van der Waals surface area (Å²) < 4.78 is 1.26. The number of benzene rings is 3. The lowest BCUT2D eigenvalue weighted by molar-refractivity contribution is 1.37. The molecule has 2 nitrogen and oxygen atoms in total. The van der Waals surface area contributed by atoms with E-state index in [1.54, 1.807) is 11.3 Å². The lowest BCUT2D eigenvalue weighted by Crippen LogP contribution is -2.32. The third-order valence-corrected chi connectivity index (χ3v) is 5.48. The molecule has 3 aromatic carbocycles. The van der Waals surface area contributed by atoms with Gasteiger partial charge >= 0.3 is 0 Å². The summed E-state index contributed by atoms with van der Waals surface area (Å²) in [5, 5.41) is 6.00. The van der Waals surface area contributed by atoms with Crippen LogP contribution < -0.4 is 21.1 Å². The molecule has 0 amide bonds. The Morgan fingerprint density at radius 2 is 1.58 bits per heavy atom. The van der Waals surface area contributed by atoms with Crippen molar-refractivity contribution >= 4 is 64.0 Å². The molecular formula is C21H17B2N2S. The molecule has 0 fully saturated rings. The average Bonchev–Trinajstić information content (AvgIpc) is 3.03. The Hall–Kier alpha value is -2.65. The predicted molar refractivity (Wildman–Crippen MR) is 117 cm³/mol. The number of rotatable bonds is 5. The summed E-state index contributed by atoms with van der Waals surface area (Å²) in [5.74, 6) is 0. The second-order valence-corrected chi connectivity index (χ2v) is 7.21. The minimum Gasteiger partial charge on any atom is -0.407 e. The van der Waals surface area contributed by atoms with E-state index in [4.69, 9.17) is 7.85 Å². The molecule has 1 heterocycles. The summed E-state index contributed by atoms with van der Waals surface area (Å²) in [6, 6.07) is 26.7. The number of para-hydroxylation sites is 1. The van der Waals surface area contributed by atoms with Crippen LogP contribution in [0.3, 0.4) is 0 Å². The predicted octanol–water partition coefficient (Wildman–Crippen LogP) is 3.82. The first-order valence-electron chi connectivity index (χ1n) is 8.47. The zero-order chi connectivity index (χ0) is 17.9. The Morgan fingerprint density at radius 3 is 2.35 bits per heavy atom. The van der Waals surface area contributed by atoms with Gasteiger partial charge < -0.3 is 10.1 Å². The number of nitrogens with zero attached hydrogens (tertiary/aromatic N) is 1. The van der Waals surface area contributed by atoms with E-state index in [2.05, 4.69) is 61.0 Å². The Morgan fingerprint density at radius 1 is 0.885 bits per heavy atom. The van der Waals surface area contributed by atoms with Gasteiger partial charge in [-0.1, -0.05) is 71.6 Å². The first kappa shape index (κ1) is 16.8. The van der Waals surface area contributed by atoms with Crippen LogP contribution in [0.4, 0.5) is 16.4 Å². The minimum absolute atomic E-state index is 0.776. The van der Waals surface area contributed by atoms with Crippen molar-refractivity contribution in [2.75, 3.05) is 17.2 Å². The van der Waals surface area contributed by atoms with Crippen molar-refractivity contribution in [2.45, 2.75) is 0 Å². The molecule has 5 heteroatoms. The third kappa shape index (κ3) is 3.49. The number of anilines is 3. The Labute approximate surface area is 160 Å². The Bertz CT molecular complexity index is 1010. The SMILES string of the molecule is [B]c1ccc([B]N(C)c2sc3ccccc3c2Nc2ccccc2)cc1. The van der Waals surface area contributed by atoms with E-state index in [0.717, 1.165) is 22.3 Å². The maximum absolute atomic E-state index is 5.79. The number of fused-ring (bicyclic) bond motifs is 1. The summed E-state index contributed by atoms with van der Waals surface area (Å²) in [6.07, 6.45) is 0. The van der Waals surface area contributed by atoms with Gasteiger partial charge in [-0.05, 0) is 25.2 Å². The lowest BCUT2D eigenvalue weighted by atomic mass is 9.79. The number of hydrogen-bond donors (Lipinski definition) is 1. The zero-order valence-electron chi connectivity index (χ0n) is 14.5. The second kappa shape index (κ2) is 7.30. The summed E-state index contributed by atoms with van der Waals surface area (Å²) >= 11 is 1.78. The van der Waals surface area contributed by atoms with Crippen LogP contribution in [0.5, 0.6) is 0 Å². The van der Waals surface area contributed by atoms with Crippen molar-refractivity contribution in [3.8, 4) is 0 Å². The average molecular weight is 351 g/mol. The maximum atomic E-state index is 5.79. The lowest BCUT2D eigenvalue weighted by Gasteiger charge is -2.19. The van der Waals surface area contributed by atoms with Crippen molar-refractivity contribution < 1.29 is 0 Å². The molecule has 1 N–H and O–H groups in total. The van der Waals surface area contributed by atoms with Gasteiger partial charge in [0.2, 0.25) is 0 Å². The van der Waals surface area contributed by atoms with Crippen molar-refractivity contribution in [1.29, 1.82) is 0 Å². The van der Waals surface area contributed by atoms with Gasteiger partial charge in [0, 0.05) is 15.8 Å². The van der Waals surface area contributed by atoms with Crippen LogP contribution >= 0.6 is 11.3 Å². The number of thiophene rings is 1. The van der Waals surface area contributed by atoms with E-state index in [9.17, 15) is 0 Å². The molecule has 0 unspecified atom stereocenters. The molecule has 0 bridgehead atoms. The van der Waals surface area contributed by atoms with Crippen LogP contribution in [0.2, 0.25) is 0 Å². The topological polar surface area (TPSA) is 15.3 Å². The van der Waals surface area contributed by atoms with Crippen LogP contribution in [0, 0.1) is 0 Å². The van der Waals surface area contributed by atoms with Crippen molar-refractivity contribution in [2.24, 2.45) is 0 Å². The Balaban J connectivity index is 1.71. The van der Waals surface area contributed by atoms with Gasteiger partial charge in [-0.25, -0.2) is 0 Å². The van der Waals surface area contributed by atoms with E-state index in [-0.39, 0.29) is 0 Å². The molecule has 4 aromatic rings. The molecule has 0 aliphatic heterocycles. The molecular weight excluding hydrogens is 334 g/mol. The standard InChI is InChI=1S/C21H17B2N2S/c1-25(23-16-13-11-15(22)12-14-16)21-20(24-17-7-3-2-4-8-17)18-9-5-6-10-19(18)26-21/h2-14,24H,1H3.